The minimum Gasteiger partial charge on any atom is -0.497 e. The molecule has 2 aromatic heterocycles. The third kappa shape index (κ3) is 3.96. The van der Waals surface area contributed by atoms with Crippen LogP contribution in [0.5, 0.6) is 5.75 Å². The van der Waals surface area contributed by atoms with Gasteiger partial charge in [-0.3, -0.25) is 4.79 Å². The normalized spacial score (nSPS) is 10.8. The molecule has 0 saturated heterocycles. The van der Waals surface area contributed by atoms with E-state index in [1.165, 1.54) is 0 Å². The number of fused-ring (bicyclic) bond motifs is 1. The average Bonchev–Trinajstić information content (AvgIpc) is 3.15. The van der Waals surface area contributed by atoms with Crippen molar-refractivity contribution < 1.29 is 18.4 Å². The first-order valence-electron chi connectivity index (χ1n) is 8.48. The Bertz CT molecular complexity index is 956. The van der Waals surface area contributed by atoms with Crippen molar-refractivity contribution in [2.75, 3.05) is 13.7 Å². The summed E-state index contributed by atoms with van der Waals surface area (Å²) in [7, 11) is 1.55. The summed E-state index contributed by atoms with van der Waals surface area (Å²) in [5.74, 6) is 1.30. The van der Waals surface area contributed by atoms with Crippen LogP contribution in [-0.4, -0.2) is 19.6 Å². The lowest BCUT2D eigenvalue weighted by Crippen LogP contribution is -2.28. The van der Waals surface area contributed by atoms with Gasteiger partial charge in [-0.05, 0) is 43.2 Å². The van der Waals surface area contributed by atoms with E-state index in [0.29, 0.717) is 23.4 Å². The summed E-state index contributed by atoms with van der Waals surface area (Å²) in [6, 6.07) is 9.04. The zero-order valence-corrected chi connectivity index (χ0v) is 14.8. The lowest BCUT2D eigenvalue weighted by atomic mass is 10.0. The molecule has 1 aromatic carbocycles. The fourth-order valence-corrected chi connectivity index (χ4v) is 2.87. The Morgan fingerprint density at radius 2 is 2.12 bits per heavy atom. The van der Waals surface area contributed by atoms with E-state index in [9.17, 15) is 9.59 Å². The predicted octanol–water partition coefficient (Wildman–Crippen LogP) is 2.99. The van der Waals surface area contributed by atoms with Gasteiger partial charge in [0.25, 0.3) is 0 Å². The van der Waals surface area contributed by atoms with Crippen LogP contribution in [0.15, 0.2) is 50.2 Å². The number of hydrogen-bond acceptors (Lipinski definition) is 5. The number of benzene rings is 1. The van der Waals surface area contributed by atoms with Gasteiger partial charge in [0.1, 0.15) is 17.1 Å². The van der Waals surface area contributed by atoms with E-state index < -0.39 is 5.63 Å². The van der Waals surface area contributed by atoms with Crippen LogP contribution >= 0.6 is 0 Å². The van der Waals surface area contributed by atoms with Crippen molar-refractivity contribution in [3.8, 4) is 5.75 Å². The highest BCUT2D eigenvalue weighted by molar-refractivity contribution is 5.85. The minimum absolute atomic E-state index is 0.00309. The van der Waals surface area contributed by atoms with E-state index in [4.69, 9.17) is 13.6 Å². The predicted molar refractivity (Wildman–Crippen MR) is 97.5 cm³/mol. The molecule has 0 bridgehead atoms. The Morgan fingerprint density at radius 3 is 2.85 bits per heavy atom. The Labute approximate surface area is 150 Å². The van der Waals surface area contributed by atoms with Gasteiger partial charge in [-0.15, -0.1) is 0 Å². The van der Waals surface area contributed by atoms with Crippen LogP contribution < -0.4 is 15.7 Å². The molecule has 0 saturated carbocycles. The summed E-state index contributed by atoms with van der Waals surface area (Å²) >= 11 is 0. The van der Waals surface area contributed by atoms with Gasteiger partial charge in [0.15, 0.2) is 0 Å². The Balaban J connectivity index is 1.65. The standard InChI is InChI=1S/C20H21NO5/c1-13-16-8-7-15(24-2)11-18(16)26-20(23)17(13)12-19(22)21-9-3-5-14-6-4-10-25-14/h4,6-8,10-11H,3,5,9,12H2,1-2H3,(H,21,22). The molecule has 0 spiro atoms. The summed E-state index contributed by atoms with van der Waals surface area (Å²) < 4.78 is 15.8. The van der Waals surface area contributed by atoms with Crippen molar-refractivity contribution in [3.63, 3.8) is 0 Å². The van der Waals surface area contributed by atoms with Crippen molar-refractivity contribution in [2.24, 2.45) is 0 Å². The van der Waals surface area contributed by atoms with Crippen LogP contribution in [0.2, 0.25) is 0 Å². The van der Waals surface area contributed by atoms with E-state index in [0.717, 1.165) is 29.6 Å². The first-order chi connectivity index (χ1) is 12.6. The molecule has 0 aliphatic heterocycles. The molecule has 0 atom stereocenters. The molecule has 0 aliphatic rings. The molecule has 6 heteroatoms. The third-order valence-corrected chi connectivity index (χ3v) is 4.33. The van der Waals surface area contributed by atoms with Crippen LogP contribution in [0.3, 0.4) is 0 Å². The van der Waals surface area contributed by atoms with Crippen molar-refractivity contribution in [1.82, 2.24) is 5.32 Å². The molecule has 1 N–H and O–H groups in total. The van der Waals surface area contributed by atoms with E-state index >= 15 is 0 Å². The van der Waals surface area contributed by atoms with Gasteiger partial charge in [0.05, 0.1) is 25.4 Å². The number of furan rings is 1. The molecule has 3 aromatic rings. The monoisotopic (exact) mass is 355 g/mol. The molecule has 0 unspecified atom stereocenters. The van der Waals surface area contributed by atoms with Crippen LogP contribution in [-0.2, 0) is 17.6 Å². The molecular weight excluding hydrogens is 334 g/mol. The van der Waals surface area contributed by atoms with Crippen LogP contribution in [0.1, 0.15) is 23.3 Å². The number of aryl methyl sites for hydroxylation is 2. The minimum atomic E-state index is -0.492. The quantitative estimate of drug-likeness (QED) is 0.520. The number of carbonyl (C=O) groups is 1. The van der Waals surface area contributed by atoms with Crippen molar-refractivity contribution in [2.45, 2.75) is 26.2 Å². The number of nitrogens with one attached hydrogen (secondary N) is 1. The van der Waals surface area contributed by atoms with Crippen LogP contribution in [0.4, 0.5) is 0 Å². The smallest absolute Gasteiger partial charge is 0.340 e. The maximum Gasteiger partial charge on any atom is 0.340 e. The van der Waals surface area contributed by atoms with Crippen molar-refractivity contribution >= 4 is 16.9 Å². The molecule has 0 fully saturated rings. The van der Waals surface area contributed by atoms with Gasteiger partial charge < -0.3 is 18.9 Å². The maximum absolute atomic E-state index is 12.3. The number of rotatable bonds is 7. The van der Waals surface area contributed by atoms with Gasteiger partial charge in [0.2, 0.25) is 5.91 Å². The number of carbonyl (C=O) groups excluding carboxylic acids is 1. The largest absolute Gasteiger partial charge is 0.497 e. The zero-order valence-electron chi connectivity index (χ0n) is 14.8. The Kier molecular flexibility index (Phi) is 5.41. The van der Waals surface area contributed by atoms with E-state index in [-0.39, 0.29) is 12.3 Å². The first-order valence-corrected chi connectivity index (χ1v) is 8.48. The SMILES string of the molecule is COc1ccc2c(C)c(CC(=O)NCCCc3ccco3)c(=O)oc2c1. The highest BCUT2D eigenvalue weighted by atomic mass is 16.5. The Hall–Kier alpha value is -3.02. The molecule has 3 rings (SSSR count). The molecule has 6 nitrogen and oxygen atoms in total. The topological polar surface area (TPSA) is 81.7 Å². The number of methoxy groups -OCH3 is 1. The highest BCUT2D eigenvalue weighted by Gasteiger charge is 2.15. The van der Waals surface area contributed by atoms with Crippen molar-refractivity contribution in [3.05, 3.63) is 63.9 Å². The molecular formula is C20H21NO5. The molecule has 0 aliphatic carbocycles. The highest BCUT2D eigenvalue weighted by Crippen LogP contribution is 2.24. The molecule has 2 heterocycles. The third-order valence-electron chi connectivity index (χ3n) is 4.33. The second-order valence-electron chi connectivity index (χ2n) is 6.06. The second-order valence-corrected chi connectivity index (χ2v) is 6.06. The van der Waals surface area contributed by atoms with E-state index in [2.05, 4.69) is 5.32 Å². The summed E-state index contributed by atoms with van der Waals surface area (Å²) in [6.07, 6.45) is 3.15. The summed E-state index contributed by atoms with van der Waals surface area (Å²) in [6.45, 7) is 2.35. The van der Waals surface area contributed by atoms with Crippen molar-refractivity contribution in [1.29, 1.82) is 0 Å². The molecule has 1 amide bonds. The Morgan fingerprint density at radius 1 is 1.27 bits per heavy atom. The summed E-state index contributed by atoms with van der Waals surface area (Å²) in [5, 5.41) is 3.63. The lowest BCUT2D eigenvalue weighted by molar-refractivity contribution is -0.120. The molecule has 26 heavy (non-hydrogen) atoms. The van der Waals surface area contributed by atoms with Gasteiger partial charge in [-0.2, -0.15) is 0 Å². The van der Waals surface area contributed by atoms with Gasteiger partial charge in [-0.1, -0.05) is 0 Å². The summed E-state index contributed by atoms with van der Waals surface area (Å²) in [4.78, 5) is 24.5. The van der Waals surface area contributed by atoms with E-state index in [1.807, 2.05) is 25.1 Å². The molecule has 0 radical (unpaired) electrons. The van der Waals surface area contributed by atoms with Crippen LogP contribution in [0.25, 0.3) is 11.0 Å². The molecule has 136 valence electrons. The van der Waals surface area contributed by atoms with Crippen LogP contribution in [0, 0.1) is 6.92 Å². The lowest BCUT2D eigenvalue weighted by Gasteiger charge is -2.09. The maximum atomic E-state index is 12.3. The first kappa shape index (κ1) is 17.8. The number of hydrogen-bond donors (Lipinski definition) is 1. The number of amides is 1. The fourth-order valence-electron chi connectivity index (χ4n) is 2.87. The fraction of sp³-hybridized carbons (Fsp3) is 0.300. The van der Waals surface area contributed by atoms with Gasteiger partial charge in [0, 0.05) is 24.4 Å². The second kappa shape index (κ2) is 7.91. The average molecular weight is 355 g/mol. The van der Waals surface area contributed by atoms with Gasteiger partial charge >= 0.3 is 5.63 Å². The van der Waals surface area contributed by atoms with Gasteiger partial charge in [-0.25, -0.2) is 4.79 Å². The summed E-state index contributed by atoms with van der Waals surface area (Å²) in [5.41, 5.74) is 1.10. The number of ether oxygens (including phenoxy) is 1. The zero-order chi connectivity index (χ0) is 18.5. The van der Waals surface area contributed by atoms with E-state index in [1.54, 1.807) is 25.5 Å².